The molecule has 0 spiro atoms. The van der Waals surface area contributed by atoms with E-state index >= 15 is 0 Å². The van der Waals surface area contributed by atoms with E-state index in [1.807, 2.05) is 0 Å². The molecule has 0 bridgehead atoms. The summed E-state index contributed by atoms with van der Waals surface area (Å²) in [6.45, 7) is 17.3. The second-order valence-corrected chi connectivity index (χ2v) is 7.65. The van der Waals surface area contributed by atoms with Crippen molar-refractivity contribution in [1.82, 2.24) is 15.1 Å². The van der Waals surface area contributed by atoms with Crippen LogP contribution in [-0.2, 0) is 0 Å². The third-order valence-electron chi connectivity index (χ3n) is 4.62. The van der Waals surface area contributed by atoms with Crippen LogP contribution in [0, 0.1) is 11.3 Å². The highest BCUT2D eigenvalue weighted by Gasteiger charge is 2.22. The van der Waals surface area contributed by atoms with E-state index in [1.165, 1.54) is 71.6 Å². The average Bonchev–Trinajstić information content (AvgIpc) is 2.38. The summed E-state index contributed by atoms with van der Waals surface area (Å²) >= 11 is 0. The van der Waals surface area contributed by atoms with Gasteiger partial charge in [0.2, 0.25) is 0 Å². The van der Waals surface area contributed by atoms with Crippen molar-refractivity contribution in [3.8, 4) is 0 Å². The molecule has 2 aliphatic rings. The van der Waals surface area contributed by atoms with Crippen LogP contribution in [0.1, 0.15) is 40.0 Å². The molecular formula is C16H34ClN3. The molecule has 20 heavy (non-hydrogen) atoms. The molecule has 2 aliphatic heterocycles. The lowest BCUT2D eigenvalue weighted by molar-refractivity contribution is 0.103. The molecule has 0 aromatic rings. The minimum atomic E-state index is 0. The Bertz CT molecular complexity index is 251. The van der Waals surface area contributed by atoms with Crippen LogP contribution in [0.4, 0.5) is 0 Å². The third kappa shape index (κ3) is 6.75. The van der Waals surface area contributed by atoms with Crippen molar-refractivity contribution in [1.29, 1.82) is 0 Å². The normalized spacial score (nSPS) is 23.6. The van der Waals surface area contributed by atoms with Gasteiger partial charge in [-0.25, -0.2) is 0 Å². The molecule has 0 radical (unpaired) electrons. The van der Waals surface area contributed by atoms with Gasteiger partial charge in [-0.1, -0.05) is 20.8 Å². The van der Waals surface area contributed by atoms with Crippen molar-refractivity contribution < 1.29 is 0 Å². The largest absolute Gasteiger partial charge is 0.317 e. The van der Waals surface area contributed by atoms with E-state index in [0.29, 0.717) is 5.41 Å². The van der Waals surface area contributed by atoms with Gasteiger partial charge in [-0.3, -0.25) is 0 Å². The highest BCUT2D eigenvalue weighted by Crippen LogP contribution is 2.20. The van der Waals surface area contributed by atoms with Gasteiger partial charge in [-0.2, -0.15) is 0 Å². The fourth-order valence-corrected chi connectivity index (χ4v) is 3.12. The van der Waals surface area contributed by atoms with Gasteiger partial charge in [-0.15, -0.1) is 12.4 Å². The van der Waals surface area contributed by atoms with Crippen molar-refractivity contribution in [3.63, 3.8) is 0 Å². The van der Waals surface area contributed by atoms with E-state index in [0.717, 1.165) is 5.92 Å². The van der Waals surface area contributed by atoms with E-state index in [9.17, 15) is 0 Å². The monoisotopic (exact) mass is 303 g/mol. The summed E-state index contributed by atoms with van der Waals surface area (Å²) in [6.07, 6.45) is 4.08. The Kier molecular flexibility index (Phi) is 7.81. The van der Waals surface area contributed by atoms with Gasteiger partial charge < -0.3 is 15.1 Å². The molecule has 4 heteroatoms. The number of piperidine rings is 1. The topological polar surface area (TPSA) is 18.5 Å². The first-order valence-electron chi connectivity index (χ1n) is 8.18. The summed E-state index contributed by atoms with van der Waals surface area (Å²) in [5, 5.41) is 3.46. The van der Waals surface area contributed by atoms with Gasteiger partial charge in [0.15, 0.2) is 0 Å². The second-order valence-electron chi connectivity index (χ2n) is 7.65. The summed E-state index contributed by atoms with van der Waals surface area (Å²) in [6, 6.07) is 0. The zero-order chi connectivity index (χ0) is 13.7. The molecule has 0 amide bonds. The quantitative estimate of drug-likeness (QED) is 0.861. The second kappa shape index (κ2) is 8.57. The fraction of sp³-hybridized carbons (Fsp3) is 1.00. The lowest BCUT2D eigenvalue weighted by atomic mass is 9.92. The van der Waals surface area contributed by atoms with Crippen LogP contribution in [0.5, 0.6) is 0 Å². The molecule has 0 aromatic carbocycles. The molecule has 1 N–H and O–H groups in total. The lowest BCUT2D eigenvalue weighted by Crippen LogP contribution is -2.49. The van der Waals surface area contributed by atoms with E-state index in [2.05, 4.69) is 35.9 Å². The zero-order valence-corrected chi connectivity index (χ0v) is 14.5. The zero-order valence-electron chi connectivity index (χ0n) is 13.7. The summed E-state index contributed by atoms with van der Waals surface area (Å²) in [5.74, 6) is 0.947. The molecule has 3 nitrogen and oxygen atoms in total. The van der Waals surface area contributed by atoms with Gasteiger partial charge in [0, 0.05) is 32.7 Å². The van der Waals surface area contributed by atoms with Crippen molar-refractivity contribution in [2.75, 3.05) is 52.4 Å². The first-order chi connectivity index (χ1) is 9.03. The molecule has 0 saturated carbocycles. The average molecular weight is 304 g/mol. The number of piperazine rings is 1. The van der Waals surface area contributed by atoms with Crippen molar-refractivity contribution in [2.24, 2.45) is 11.3 Å². The minimum absolute atomic E-state index is 0. The maximum Gasteiger partial charge on any atom is 0.0110 e. The van der Waals surface area contributed by atoms with Crippen LogP contribution in [0.3, 0.4) is 0 Å². The maximum absolute atomic E-state index is 3.46. The van der Waals surface area contributed by atoms with Gasteiger partial charge in [0.05, 0.1) is 0 Å². The van der Waals surface area contributed by atoms with Crippen LogP contribution in [0.2, 0.25) is 0 Å². The van der Waals surface area contributed by atoms with Crippen LogP contribution in [-0.4, -0.2) is 62.2 Å². The Morgan fingerprint density at radius 3 is 2.05 bits per heavy atom. The fourth-order valence-electron chi connectivity index (χ4n) is 3.12. The summed E-state index contributed by atoms with van der Waals surface area (Å²) in [4.78, 5) is 5.35. The Labute approximate surface area is 131 Å². The summed E-state index contributed by atoms with van der Waals surface area (Å²) < 4.78 is 0. The molecule has 2 fully saturated rings. The minimum Gasteiger partial charge on any atom is -0.317 e. The Hall–Kier alpha value is 0.170. The molecule has 0 aliphatic carbocycles. The highest BCUT2D eigenvalue weighted by atomic mass is 35.5. The van der Waals surface area contributed by atoms with E-state index in [-0.39, 0.29) is 12.4 Å². The number of halogens is 1. The Morgan fingerprint density at radius 1 is 0.950 bits per heavy atom. The van der Waals surface area contributed by atoms with Gasteiger partial charge in [0.1, 0.15) is 0 Å². The van der Waals surface area contributed by atoms with Gasteiger partial charge in [-0.05, 0) is 50.2 Å². The predicted molar refractivity (Wildman–Crippen MR) is 89.8 cm³/mol. The van der Waals surface area contributed by atoms with Crippen LogP contribution < -0.4 is 5.32 Å². The lowest BCUT2D eigenvalue weighted by Gasteiger charge is -2.38. The molecule has 2 heterocycles. The number of nitrogens with zero attached hydrogens (tertiary/aromatic N) is 2. The molecule has 0 aromatic heterocycles. The SMILES string of the molecule is CC(C)(C)CCN1CCN(CC2CCNCC2)CC1.Cl. The standard InChI is InChI=1S/C16H33N3.ClH/c1-16(2,3)6-9-18-10-12-19(13-11-18)14-15-4-7-17-8-5-15;/h15,17H,4-14H2,1-3H3;1H. The maximum atomic E-state index is 3.46. The van der Waals surface area contributed by atoms with Crippen molar-refractivity contribution in [2.45, 2.75) is 40.0 Å². The van der Waals surface area contributed by atoms with Crippen LogP contribution in [0.15, 0.2) is 0 Å². The van der Waals surface area contributed by atoms with E-state index in [1.54, 1.807) is 0 Å². The van der Waals surface area contributed by atoms with Crippen molar-refractivity contribution in [3.05, 3.63) is 0 Å². The van der Waals surface area contributed by atoms with Crippen LogP contribution in [0.25, 0.3) is 0 Å². The molecule has 2 saturated heterocycles. The molecule has 120 valence electrons. The van der Waals surface area contributed by atoms with Gasteiger partial charge in [0.25, 0.3) is 0 Å². The van der Waals surface area contributed by atoms with E-state index < -0.39 is 0 Å². The number of hydrogen-bond donors (Lipinski definition) is 1. The number of nitrogens with one attached hydrogen (secondary N) is 1. The first-order valence-corrected chi connectivity index (χ1v) is 8.18. The highest BCUT2D eigenvalue weighted by molar-refractivity contribution is 5.85. The number of rotatable bonds is 4. The molecule has 0 unspecified atom stereocenters. The molecular weight excluding hydrogens is 270 g/mol. The van der Waals surface area contributed by atoms with E-state index in [4.69, 9.17) is 0 Å². The molecule has 0 atom stereocenters. The number of hydrogen-bond acceptors (Lipinski definition) is 3. The Balaban J connectivity index is 0.00000200. The Morgan fingerprint density at radius 2 is 1.50 bits per heavy atom. The molecule has 2 rings (SSSR count). The summed E-state index contributed by atoms with van der Waals surface area (Å²) in [7, 11) is 0. The van der Waals surface area contributed by atoms with Gasteiger partial charge >= 0.3 is 0 Å². The third-order valence-corrected chi connectivity index (χ3v) is 4.62. The smallest absolute Gasteiger partial charge is 0.0110 e. The summed E-state index contributed by atoms with van der Waals surface area (Å²) in [5.41, 5.74) is 0.478. The first kappa shape index (κ1) is 18.2. The predicted octanol–water partition coefficient (Wildman–Crippen LogP) is 2.46. The van der Waals surface area contributed by atoms with Crippen LogP contribution >= 0.6 is 12.4 Å². The van der Waals surface area contributed by atoms with Crippen molar-refractivity contribution >= 4 is 12.4 Å².